The molecule has 1 aliphatic rings. The lowest BCUT2D eigenvalue weighted by Crippen LogP contribution is -2.38. The maximum atomic E-state index is 13.6. The van der Waals surface area contributed by atoms with Gasteiger partial charge in [0.15, 0.2) is 0 Å². The molecule has 0 aromatic heterocycles. The van der Waals surface area contributed by atoms with Crippen molar-refractivity contribution < 1.29 is 18.7 Å². The fraction of sp³-hybridized carbons (Fsp3) is 0.417. The molecule has 1 aromatic rings. The van der Waals surface area contributed by atoms with Crippen LogP contribution in [0, 0.1) is 11.6 Å². The second kappa shape index (κ2) is 5.20. The van der Waals surface area contributed by atoms with Crippen molar-refractivity contribution in [2.75, 3.05) is 13.2 Å². The quantitative estimate of drug-likeness (QED) is 0.841. The van der Waals surface area contributed by atoms with Gasteiger partial charge in [0.25, 0.3) is 5.91 Å². The number of carbonyl (C=O) groups excluding carboxylic acids is 1. The molecule has 1 heterocycles. The van der Waals surface area contributed by atoms with Crippen LogP contribution < -0.4 is 0 Å². The predicted molar refractivity (Wildman–Crippen MR) is 62.5 cm³/mol. The van der Waals surface area contributed by atoms with Gasteiger partial charge < -0.3 is 10.0 Å². The summed E-state index contributed by atoms with van der Waals surface area (Å²) < 4.78 is 26.9. The van der Waals surface area contributed by atoms with Crippen LogP contribution in [0.15, 0.2) is 12.1 Å². The Labute approximate surface area is 108 Å². The van der Waals surface area contributed by atoms with Crippen LogP contribution in [-0.2, 0) is 0 Å². The van der Waals surface area contributed by atoms with Crippen molar-refractivity contribution in [3.63, 3.8) is 0 Å². The van der Waals surface area contributed by atoms with Gasteiger partial charge in [-0.25, -0.2) is 8.78 Å². The molecule has 0 unspecified atom stereocenters. The maximum absolute atomic E-state index is 13.6. The van der Waals surface area contributed by atoms with Crippen LogP contribution in [0.5, 0.6) is 0 Å². The first kappa shape index (κ1) is 13.2. The number of hydrogen-bond donors (Lipinski definition) is 1. The zero-order valence-electron chi connectivity index (χ0n) is 9.50. The van der Waals surface area contributed by atoms with Crippen LogP contribution in [0.1, 0.15) is 23.2 Å². The van der Waals surface area contributed by atoms with Crippen LogP contribution in [0.2, 0.25) is 5.02 Å². The Bertz CT molecular complexity index is 481. The predicted octanol–water partition coefficient (Wildman–Crippen LogP) is 2.22. The minimum absolute atomic E-state index is 0.177. The maximum Gasteiger partial charge on any atom is 0.257 e. The average Bonchev–Trinajstić information content (AvgIpc) is 2.81. The molecule has 1 aromatic carbocycles. The van der Waals surface area contributed by atoms with Gasteiger partial charge in [-0.2, -0.15) is 0 Å². The van der Waals surface area contributed by atoms with E-state index in [2.05, 4.69) is 0 Å². The first-order valence-electron chi connectivity index (χ1n) is 5.61. The number of halogens is 3. The summed E-state index contributed by atoms with van der Waals surface area (Å²) in [6.45, 7) is 0.261. The van der Waals surface area contributed by atoms with Crippen molar-refractivity contribution >= 4 is 17.5 Å². The molecule has 1 aliphatic heterocycles. The van der Waals surface area contributed by atoms with Crippen LogP contribution in [0.25, 0.3) is 0 Å². The first-order valence-corrected chi connectivity index (χ1v) is 5.98. The molecule has 6 heteroatoms. The molecule has 3 nitrogen and oxygen atoms in total. The third kappa shape index (κ3) is 2.33. The molecule has 1 saturated heterocycles. The highest BCUT2D eigenvalue weighted by molar-refractivity contribution is 6.30. The summed E-state index contributed by atoms with van der Waals surface area (Å²) in [5.41, 5.74) is -0.350. The molecule has 1 fully saturated rings. The Hall–Kier alpha value is -1.20. The van der Waals surface area contributed by atoms with Crippen molar-refractivity contribution in [2.45, 2.75) is 18.9 Å². The van der Waals surface area contributed by atoms with Gasteiger partial charge in [0.05, 0.1) is 23.2 Å². The lowest BCUT2D eigenvalue weighted by atomic mass is 10.1. The van der Waals surface area contributed by atoms with Gasteiger partial charge in [0.1, 0.15) is 11.6 Å². The highest BCUT2D eigenvalue weighted by Crippen LogP contribution is 2.24. The molecule has 18 heavy (non-hydrogen) atoms. The van der Waals surface area contributed by atoms with Gasteiger partial charge in [0.2, 0.25) is 0 Å². The summed E-state index contributed by atoms with van der Waals surface area (Å²) in [5.74, 6) is -2.30. The molecule has 1 N–H and O–H groups in total. The number of hydrogen-bond acceptors (Lipinski definition) is 2. The molecule has 0 radical (unpaired) electrons. The van der Waals surface area contributed by atoms with Crippen LogP contribution >= 0.6 is 11.6 Å². The largest absolute Gasteiger partial charge is 0.394 e. The van der Waals surface area contributed by atoms with E-state index in [1.54, 1.807) is 0 Å². The molecule has 2 rings (SSSR count). The standard InChI is InChI=1S/C12H12ClF2NO2/c13-9-5-10(14)8(4-11(9)15)12(18)16-3-1-2-7(16)6-17/h4-5,7,17H,1-3,6H2/t7-/m0/s1. The van der Waals surface area contributed by atoms with Gasteiger partial charge in [0, 0.05) is 6.54 Å². The Balaban J connectivity index is 2.31. The number of nitrogens with zero attached hydrogens (tertiary/aromatic N) is 1. The van der Waals surface area contributed by atoms with Gasteiger partial charge in [-0.05, 0) is 25.0 Å². The first-order chi connectivity index (χ1) is 8.54. The SMILES string of the molecule is O=C(c1cc(F)c(Cl)cc1F)N1CCC[C@H]1CO. The third-order valence-electron chi connectivity index (χ3n) is 3.09. The fourth-order valence-electron chi connectivity index (χ4n) is 2.13. The molecule has 98 valence electrons. The van der Waals surface area contributed by atoms with E-state index in [1.807, 2.05) is 0 Å². The molecule has 0 aliphatic carbocycles. The smallest absolute Gasteiger partial charge is 0.257 e. The number of aliphatic hydroxyl groups is 1. The summed E-state index contributed by atoms with van der Waals surface area (Å²) >= 11 is 5.43. The van der Waals surface area contributed by atoms with Gasteiger partial charge in [-0.1, -0.05) is 11.6 Å². The van der Waals surface area contributed by atoms with E-state index in [0.717, 1.165) is 18.6 Å². The third-order valence-corrected chi connectivity index (χ3v) is 3.38. The zero-order chi connectivity index (χ0) is 13.3. The van der Waals surface area contributed by atoms with E-state index in [-0.39, 0.29) is 23.2 Å². The van der Waals surface area contributed by atoms with Crippen LogP contribution in [0.4, 0.5) is 8.78 Å². The molecule has 0 bridgehead atoms. The Morgan fingerprint density at radius 3 is 2.83 bits per heavy atom. The summed E-state index contributed by atoms with van der Waals surface area (Å²) in [5, 5.41) is 8.76. The number of aliphatic hydroxyl groups excluding tert-OH is 1. The van der Waals surface area contributed by atoms with E-state index >= 15 is 0 Å². The molecule has 0 spiro atoms. The van der Waals surface area contributed by atoms with Crippen molar-refractivity contribution in [1.82, 2.24) is 4.90 Å². The number of rotatable bonds is 2. The van der Waals surface area contributed by atoms with E-state index in [9.17, 15) is 13.6 Å². The number of benzene rings is 1. The second-order valence-electron chi connectivity index (χ2n) is 4.22. The van der Waals surface area contributed by atoms with Crippen molar-refractivity contribution in [3.05, 3.63) is 34.4 Å². The highest BCUT2D eigenvalue weighted by Gasteiger charge is 2.30. The van der Waals surface area contributed by atoms with Gasteiger partial charge in [-0.15, -0.1) is 0 Å². The van der Waals surface area contributed by atoms with E-state index in [0.29, 0.717) is 13.0 Å². The molecular weight excluding hydrogens is 264 g/mol. The Kier molecular flexibility index (Phi) is 3.82. The van der Waals surface area contributed by atoms with Crippen LogP contribution in [-0.4, -0.2) is 35.1 Å². The normalized spacial score (nSPS) is 19.3. The van der Waals surface area contributed by atoms with Crippen molar-refractivity contribution in [2.24, 2.45) is 0 Å². The summed E-state index contributed by atoms with van der Waals surface area (Å²) in [6.07, 6.45) is 1.41. The lowest BCUT2D eigenvalue weighted by Gasteiger charge is -2.23. The Morgan fingerprint density at radius 1 is 1.44 bits per heavy atom. The minimum Gasteiger partial charge on any atom is -0.394 e. The minimum atomic E-state index is -0.852. The highest BCUT2D eigenvalue weighted by atomic mass is 35.5. The second-order valence-corrected chi connectivity index (χ2v) is 4.63. The number of carbonyl (C=O) groups is 1. The monoisotopic (exact) mass is 275 g/mol. The topological polar surface area (TPSA) is 40.5 Å². The van der Waals surface area contributed by atoms with Gasteiger partial charge in [-0.3, -0.25) is 4.79 Å². The summed E-state index contributed by atoms with van der Waals surface area (Å²) in [6, 6.07) is 1.26. The van der Waals surface area contributed by atoms with Crippen molar-refractivity contribution in [3.8, 4) is 0 Å². The summed E-state index contributed by atoms with van der Waals surface area (Å²) in [7, 11) is 0. The van der Waals surface area contributed by atoms with E-state index < -0.39 is 17.5 Å². The lowest BCUT2D eigenvalue weighted by molar-refractivity contribution is 0.0672. The number of likely N-dealkylation sites (tertiary alicyclic amines) is 1. The fourth-order valence-corrected chi connectivity index (χ4v) is 2.28. The van der Waals surface area contributed by atoms with Crippen LogP contribution in [0.3, 0.4) is 0 Å². The van der Waals surface area contributed by atoms with E-state index in [4.69, 9.17) is 16.7 Å². The summed E-state index contributed by atoms with van der Waals surface area (Å²) in [4.78, 5) is 13.4. The molecule has 1 atom stereocenters. The number of amides is 1. The van der Waals surface area contributed by atoms with E-state index in [1.165, 1.54) is 4.90 Å². The van der Waals surface area contributed by atoms with Gasteiger partial charge >= 0.3 is 0 Å². The van der Waals surface area contributed by atoms with Crippen molar-refractivity contribution in [1.29, 1.82) is 0 Å². The molecule has 1 amide bonds. The Morgan fingerprint density at radius 2 is 2.17 bits per heavy atom. The molecular formula is C12H12ClF2NO2. The molecule has 0 saturated carbocycles. The average molecular weight is 276 g/mol. The zero-order valence-corrected chi connectivity index (χ0v) is 10.3.